The Morgan fingerprint density at radius 2 is 1.38 bits per heavy atom. The average molecular weight is 599 g/mol. The fourth-order valence-electron chi connectivity index (χ4n) is 7.22. The molecule has 10 rings (SSSR count). The molecule has 0 amide bonds. The lowest BCUT2D eigenvalue weighted by atomic mass is 9.94. The van der Waals surface area contributed by atoms with E-state index in [0.29, 0.717) is 11.1 Å². The zero-order valence-electron chi connectivity index (χ0n) is 23.9. The van der Waals surface area contributed by atoms with Crippen LogP contribution in [-0.2, 0) is 0 Å². The highest BCUT2D eigenvalue weighted by atomic mass is 32.1. The second kappa shape index (κ2) is 9.21. The van der Waals surface area contributed by atoms with E-state index in [4.69, 9.17) is 9.97 Å². The Bertz CT molecular complexity index is 2790. The lowest BCUT2D eigenvalue weighted by Gasteiger charge is -2.15. The van der Waals surface area contributed by atoms with Crippen molar-refractivity contribution in [2.24, 2.45) is 0 Å². The van der Waals surface area contributed by atoms with Crippen molar-refractivity contribution in [3.63, 3.8) is 0 Å². The van der Waals surface area contributed by atoms with Gasteiger partial charge in [-0.25, -0.2) is 14.4 Å². The SMILES string of the molecule is FC(c1ccc2c3ccccc3n3ccnc3c2c1)c1cc2c(c3ccccc3n2-c2ccccn2)c2sc3ccccc3c12. The minimum Gasteiger partial charge on any atom is -0.299 e. The predicted molar refractivity (Wildman–Crippen MR) is 185 cm³/mol. The number of rotatable bonds is 3. The number of aromatic nitrogens is 4. The predicted octanol–water partition coefficient (Wildman–Crippen LogP) is 10.6. The first-order valence-corrected chi connectivity index (χ1v) is 15.8. The molecule has 1 atom stereocenters. The summed E-state index contributed by atoms with van der Waals surface area (Å²) >= 11 is 1.73. The summed E-state index contributed by atoms with van der Waals surface area (Å²) in [4.78, 5) is 9.42. The van der Waals surface area contributed by atoms with Crippen molar-refractivity contribution in [3.8, 4) is 5.82 Å². The van der Waals surface area contributed by atoms with E-state index in [0.717, 1.165) is 75.1 Å². The summed E-state index contributed by atoms with van der Waals surface area (Å²) in [5, 5.41) is 7.44. The van der Waals surface area contributed by atoms with E-state index in [1.54, 1.807) is 11.3 Å². The Labute approximate surface area is 260 Å². The van der Waals surface area contributed by atoms with Crippen LogP contribution in [0.3, 0.4) is 0 Å². The summed E-state index contributed by atoms with van der Waals surface area (Å²) in [5.74, 6) is 0.810. The molecule has 0 radical (unpaired) electrons. The van der Waals surface area contributed by atoms with Gasteiger partial charge in [0.05, 0.1) is 16.6 Å². The van der Waals surface area contributed by atoms with E-state index in [-0.39, 0.29) is 0 Å². The lowest BCUT2D eigenvalue weighted by molar-refractivity contribution is 0.405. The molecule has 10 aromatic rings. The molecule has 5 aromatic carbocycles. The molecule has 0 aliphatic heterocycles. The first-order chi connectivity index (χ1) is 22.3. The first-order valence-electron chi connectivity index (χ1n) is 15.0. The fraction of sp³-hybridized carbons (Fsp3) is 0.0256. The van der Waals surface area contributed by atoms with Gasteiger partial charge in [0.2, 0.25) is 0 Å². The maximum Gasteiger partial charge on any atom is 0.151 e. The number of benzene rings is 5. The monoisotopic (exact) mass is 598 g/mol. The van der Waals surface area contributed by atoms with Gasteiger partial charge in [-0.15, -0.1) is 11.3 Å². The normalized spacial score (nSPS) is 12.9. The number of pyridine rings is 2. The van der Waals surface area contributed by atoms with Crippen LogP contribution >= 0.6 is 11.3 Å². The third-order valence-electron chi connectivity index (χ3n) is 9.14. The van der Waals surface area contributed by atoms with Gasteiger partial charge in [0.1, 0.15) is 11.5 Å². The van der Waals surface area contributed by atoms with Crippen molar-refractivity contribution >= 4 is 80.6 Å². The number of hydrogen-bond donors (Lipinski definition) is 0. The zero-order valence-corrected chi connectivity index (χ0v) is 24.7. The molecule has 4 nitrogen and oxygen atoms in total. The van der Waals surface area contributed by atoms with E-state index >= 15 is 4.39 Å². The second-order valence-corrected chi connectivity index (χ2v) is 12.6. The standard InChI is InChI=1S/C39H23FN4S/c40-37(23-16-17-24-25-9-1-4-12-30(25)43-20-19-42-39(43)28(24)21-23)29-22-32-36(38-35(29)27-11-3-6-14-33(27)45-38)26-10-2-5-13-31(26)44(32)34-15-7-8-18-41-34/h1-22,37H. The molecule has 0 saturated heterocycles. The highest BCUT2D eigenvalue weighted by Gasteiger charge is 2.25. The quantitative estimate of drug-likeness (QED) is 0.190. The molecule has 45 heavy (non-hydrogen) atoms. The molecule has 5 aromatic heterocycles. The summed E-state index contributed by atoms with van der Waals surface area (Å²) in [6.45, 7) is 0. The minimum atomic E-state index is -1.36. The van der Waals surface area contributed by atoms with Crippen molar-refractivity contribution in [2.75, 3.05) is 0 Å². The van der Waals surface area contributed by atoms with Crippen LogP contribution in [-0.4, -0.2) is 18.9 Å². The maximum absolute atomic E-state index is 17.4. The molecule has 0 spiro atoms. The minimum absolute atomic E-state index is 0.610. The molecule has 0 N–H and O–H groups in total. The molecule has 0 fully saturated rings. The average Bonchev–Trinajstić information content (AvgIpc) is 3.82. The smallest absolute Gasteiger partial charge is 0.151 e. The largest absolute Gasteiger partial charge is 0.299 e. The Morgan fingerprint density at radius 1 is 0.600 bits per heavy atom. The molecule has 1 unspecified atom stereocenters. The van der Waals surface area contributed by atoms with Crippen LogP contribution in [0.2, 0.25) is 0 Å². The number of halogens is 1. The van der Waals surface area contributed by atoms with Gasteiger partial charge in [-0.1, -0.05) is 72.8 Å². The highest BCUT2D eigenvalue weighted by Crippen LogP contribution is 2.48. The fourth-order valence-corrected chi connectivity index (χ4v) is 8.52. The summed E-state index contributed by atoms with van der Waals surface area (Å²) in [6, 6.07) is 39.1. The summed E-state index contributed by atoms with van der Waals surface area (Å²) < 4.78 is 23.9. The Kier molecular flexibility index (Phi) is 5.08. The first kappa shape index (κ1) is 24.8. The van der Waals surface area contributed by atoms with E-state index in [2.05, 4.69) is 75.7 Å². The molecule has 6 heteroatoms. The lowest BCUT2D eigenvalue weighted by Crippen LogP contribution is -2.00. The number of fused-ring (bicyclic) bond motifs is 13. The van der Waals surface area contributed by atoms with Crippen LogP contribution in [0.25, 0.3) is 75.1 Å². The maximum atomic E-state index is 17.4. The van der Waals surface area contributed by atoms with Gasteiger partial charge < -0.3 is 0 Å². The van der Waals surface area contributed by atoms with Crippen molar-refractivity contribution in [3.05, 3.63) is 145 Å². The summed E-state index contributed by atoms with van der Waals surface area (Å²) in [7, 11) is 0. The molecule has 0 aliphatic carbocycles. The van der Waals surface area contributed by atoms with Crippen LogP contribution in [0.15, 0.2) is 134 Å². The summed E-state index contributed by atoms with van der Waals surface area (Å²) in [5.41, 5.74) is 5.19. The van der Waals surface area contributed by atoms with E-state index in [1.165, 1.54) is 0 Å². The van der Waals surface area contributed by atoms with Gasteiger partial charge in [-0.3, -0.25) is 8.97 Å². The van der Waals surface area contributed by atoms with Crippen LogP contribution in [0.1, 0.15) is 17.3 Å². The number of hydrogen-bond acceptors (Lipinski definition) is 3. The van der Waals surface area contributed by atoms with E-state index < -0.39 is 6.17 Å². The third kappa shape index (κ3) is 3.40. The van der Waals surface area contributed by atoms with Crippen LogP contribution < -0.4 is 0 Å². The van der Waals surface area contributed by atoms with Gasteiger partial charge in [0.15, 0.2) is 6.17 Å². The summed E-state index contributed by atoms with van der Waals surface area (Å²) in [6.07, 6.45) is 4.23. The Morgan fingerprint density at radius 3 is 2.24 bits per heavy atom. The molecule has 212 valence electrons. The number of nitrogens with zero attached hydrogens (tertiary/aromatic N) is 4. The highest BCUT2D eigenvalue weighted by molar-refractivity contribution is 7.26. The van der Waals surface area contributed by atoms with Crippen molar-refractivity contribution in [1.82, 2.24) is 18.9 Å². The van der Waals surface area contributed by atoms with Crippen molar-refractivity contribution in [2.45, 2.75) is 6.17 Å². The van der Waals surface area contributed by atoms with Crippen molar-refractivity contribution in [1.29, 1.82) is 0 Å². The van der Waals surface area contributed by atoms with Gasteiger partial charge in [-0.05, 0) is 53.4 Å². The zero-order chi connectivity index (χ0) is 29.6. The van der Waals surface area contributed by atoms with Crippen LogP contribution in [0.4, 0.5) is 4.39 Å². The third-order valence-corrected chi connectivity index (χ3v) is 10.3. The Hall–Kier alpha value is -5.59. The molecule has 5 heterocycles. The number of imidazole rings is 1. The van der Waals surface area contributed by atoms with Gasteiger partial charge in [0, 0.05) is 65.9 Å². The van der Waals surface area contributed by atoms with Gasteiger partial charge in [0.25, 0.3) is 0 Å². The van der Waals surface area contributed by atoms with Gasteiger partial charge in [-0.2, -0.15) is 0 Å². The van der Waals surface area contributed by atoms with Gasteiger partial charge >= 0.3 is 0 Å². The topological polar surface area (TPSA) is 35.1 Å². The van der Waals surface area contributed by atoms with Crippen LogP contribution in [0.5, 0.6) is 0 Å². The Balaban J connectivity index is 1.31. The second-order valence-electron chi connectivity index (χ2n) is 11.5. The number of alkyl halides is 1. The van der Waals surface area contributed by atoms with E-state index in [9.17, 15) is 0 Å². The number of para-hydroxylation sites is 2. The molecule has 0 saturated carbocycles. The van der Waals surface area contributed by atoms with Crippen LogP contribution in [0, 0.1) is 0 Å². The van der Waals surface area contributed by atoms with Crippen molar-refractivity contribution < 1.29 is 4.39 Å². The molecular weight excluding hydrogens is 576 g/mol. The van der Waals surface area contributed by atoms with E-state index in [1.807, 2.05) is 67.1 Å². The molecular formula is C39H23FN4S. The number of thiophene rings is 1. The molecule has 0 bridgehead atoms. The molecule has 0 aliphatic rings.